The molecule has 2 nitrogen and oxygen atoms in total. The fraction of sp³-hybridized carbons (Fsp3) is 0.625. The average molecular weight is 246 g/mol. The number of hydrogen-bond acceptors (Lipinski definition) is 2. The SMILES string of the molecule is Cc1cccc(CCN2CCC(N)C(C)C2C)c1. The second kappa shape index (κ2) is 5.85. The van der Waals surface area contributed by atoms with Gasteiger partial charge in [-0.2, -0.15) is 0 Å². The largest absolute Gasteiger partial charge is 0.327 e. The fourth-order valence-corrected chi connectivity index (χ4v) is 2.93. The summed E-state index contributed by atoms with van der Waals surface area (Å²) in [4.78, 5) is 2.59. The zero-order chi connectivity index (χ0) is 13.1. The first-order valence-electron chi connectivity index (χ1n) is 7.13. The highest BCUT2D eigenvalue weighted by molar-refractivity contribution is 5.22. The maximum Gasteiger partial charge on any atom is 0.0107 e. The van der Waals surface area contributed by atoms with Crippen molar-refractivity contribution >= 4 is 0 Å². The van der Waals surface area contributed by atoms with Gasteiger partial charge in [0.1, 0.15) is 0 Å². The van der Waals surface area contributed by atoms with Crippen molar-refractivity contribution in [2.75, 3.05) is 13.1 Å². The molecule has 1 aliphatic heterocycles. The van der Waals surface area contributed by atoms with Gasteiger partial charge in [-0.1, -0.05) is 36.8 Å². The lowest BCUT2D eigenvalue weighted by Gasteiger charge is -2.41. The van der Waals surface area contributed by atoms with Gasteiger partial charge in [0.2, 0.25) is 0 Å². The van der Waals surface area contributed by atoms with Crippen molar-refractivity contribution in [3.63, 3.8) is 0 Å². The summed E-state index contributed by atoms with van der Waals surface area (Å²) in [5, 5.41) is 0. The van der Waals surface area contributed by atoms with E-state index in [0.29, 0.717) is 18.0 Å². The molecule has 0 spiro atoms. The summed E-state index contributed by atoms with van der Waals surface area (Å²) in [5.74, 6) is 0.608. The molecular weight excluding hydrogens is 220 g/mol. The van der Waals surface area contributed by atoms with Crippen molar-refractivity contribution in [2.45, 2.75) is 45.7 Å². The summed E-state index contributed by atoms with van der Waals surface area (Å²) >= 11 is 0. The predicted octanol–water partition coefficient (Wildman–Crippen LogP) is 2.60. The van der Waals surface area contributed by atoms with Gasteiger partial charge >= 0.3 is 0 Å². The zero-order valence-corrected chi connectivity index (χ0v) is 11.9. The third kappa shape index (κ3) is 3.12. The molecule has 1 fully saturated rings. The molecule has 1 aromatic carbocycles. The first-order valence-corrected chi connectivity index (χ1v) is 7.13. The van der Waals surface area contributed by atoms with Crippen LogP contribution < -0.4 is 5.73 Å². The summed E-state index contributed by atoms with van der Waals surface area (Å²) in [5.41, 5.74) is 8.94. The maximum atomic E-state index is 6.13. The number of aryl methyl sites for hydroxylation is 1. The van der Waals surface area contributed by atoms with Crippen molar-refractivity contribution < 1.29 is 0 Å². The Morgan fingerprint density at radius 2 is 2.11 bits per heavy atom. The first-order chi connectivity index (χ1) is 8.58. The van der Waals surface area contributed by atoms with E-state index in [9.17, 15) is 0 Å². The molecule has 0 bridgehead atoms. The molecule has 0 amide bonds. The van der Waals surface area contributed by atoms with Crippen molar-refractivity contribution in [2.24, 2.45) is 11.7 Å². The second-order valence-corrected chi connectivity index (χ2v) is 5.83. The van der Waals surface area contributed by atoms with E-state index in [-0.39, 0.29) is 0 Å². The molecule has 3 unspecified atom stereocenters. The van der Waals surface area contributed by atoms with Crippen LogP contribution in [0.25, 0.3) is 0 Å². The van der Waals surface area contributed by atoms with E-state index in [1.807, 2.05) is 0 Å². The normalized spacial score (nSPS) is 29.4. The summed E-state index contributed by atoms with van der Waals surface area (Å²) in [7, 11) is 0. The molecule has 0 radical (unpaired) electrons. The second-order valence-electron chi connectivity index (χ2n) is 5.83. The first kappa shape index (κ1) is 13.6. The van der Waals surface area contributed by atoms with E-state index >= 15 is 0 Å². The summed E-state index contributed by atoms with van der Waals surface area (Å²) in [6.07, 6.45) is 2.29. The summed E-state index contributed by atoms with van der Waals surface area (Å²) in [6.45, 7) is 9.07. The Hall–Kier alpha value is -0.860. The van der Waals surface area contributed by atoms with Gasteiger partial charge in [0, 0.05) is 18.6 Å². The Bertz CT molecular complexity index is 388. The fourth-order valence-electron chi connectivity index (χ4n) is 2.93. The minimum Gasteiger partial charge on any atom is -0.327 e. The van der Waals surface area contributed by atoms with Gasteiger partial charge in [-0.15, -0.1) is 0 Å². The predicted molar refractivity (Wildman–Crippen MR) is 77.7 cm³/mol. The highest BCUT2D eigenvalue weighted by Crippen LogP contribution is 2.22. The number of rotatable bonds is 3. The molecule has 0 saturated carbocycles. The number of piperidine rings is 1. The molecule has 1 heterocycles. The number of hydrogen-bond donors (Lipinski definition) is 1. The van der Waals surface area contributed by atoms with Crippen LogP contribution >= 0.6 is 0 Å². The zero-order valence-electron chi connectivity index (χ0n) is 11.9. The maximum absolute atomic E-state index is 6.13. The van der Waals surface area contributed by atoms with Crippen molar-refractivity contribution in [3.8, 4) is 0 Å². The lowest BCUT2D eigenvalue weighted by molar-refractivity contribution is 0.0993. The number of likely N-dealkylation sites (tertiary alicyclic amines) is 1. The smallest absolute Gasteiger partial charge is 0.0107 e. The lowest BCUT2D eigenvalue weighted by Crippen LogP contribution is -2.52. The van der Waals surface area contributed by atoms with Crippen molar-refractivity contribution in [1.82, 2.24) is 4.90 Å². The van der Waals surface area contributed by atoms with Crippen LogP contribution in [0.15, 0.2) is 24.3 Å². The Kier molecular flexibility index (Phi) is 4.41. The molecule has 2 N–H and O–H groups in total. The van der Waals surface area contributed by atoms with Crippen LogP contribution in [0.2, 0.25) is 0 Å². The van der Waals surface area contributed by atoms with Crippen LogP contribution in [0.4, 0.5) is 0 Å². The van der Waals surface area contributed by atoms with Gasteiger partial charge in [0.15, 0.2) is 0 Å². The van der Waals surface area contributed by atoms with Gasteiger partial charge in [-0.3, -0.25) is 4.90 Å². The Morgan fingerprint density at radius 1 is 1.33 bits per heavy atom. The summed E-state index contributed by atoms with van der Waals surface area (Å²) in [6, 6.07) is 9.84. The highest BCUT2D eigenvalue weighted by Gasteiger charge is 2.29. The number of benzene rings is 1. The molecule has 1 aliphatic rings. The van der Waals surface area contributed by atoms with E-state index in [4.69, 9.17) is 5.73 Å². The Morgan fingerprint density at radius 3 is 2.83 bits per heavy atom. The third-order valence-corrected chi connectivity index (χ3v) is 4.53. The van der Waals surface area contributed by atoms with Crippen LogP contribution in [-0.4, -0.2) is 30.1 Å². The highest BCUT2D eigenvalue weighted by atomic mass is 15.2. The molecule has 1 aromatic rings. The van der Waals surface area contributed by atoms with Gasteiger partial charge < -0.3 is 5.73 Å². The van der Waals surface area contributed by atoms with Gasteiger partial charge in [0.05, 0.1) is 0 Å². The van der Waals surface area contributed by atoms with Crippen LogP contribution in [0.3, 0.4) is 0 Å². The minimum absolute atomic E-state index is 0.384. The van der Waals surface area contributed by atoms with Gasteiger partial charge in [-0.25, -0.2) is 0 Å². The number of nitrogens with zero attached hydrogens (tertiary/aromatic N) is 1. The van der Waals surface area contributed by atoms with E-state index in [0.717, 1.165) is 25.9 Å². The molecule has 1 saturated heterocycles. The molecule has 0 aliphatic carbocycles. The van der Waals surface area contributed by atoms with E-state index in [2.05, 4.69) is 49.9 Å². The van der Waals surface area contributed by atoms with Gasteiger partial charge in [-0.05, 0) is 44.7 Å². The van der Waals surface area contributed by atoms with E-state index in [1.54, 1.807) is 0 Å². The molecule has 18 heavy (non-hydrogen) atoms. The van der Waals surface area contributed by atoms with E-state index in [1.165, 1.54) is 11.1 Å². The molecule has 2 heteroatoms. The van der Waals surface area contributed by atoms with Crippen molar-refractivity contribution in [3.05, 3.63) is 35.4 Å². The average Bonchev–Trinajstić information content (AvgIpc) is 2.35. The van der Waals surface area contributed by atoms with Crippen LogP contribution in [0.5, 0.6) is 0 Å². The molecule has 2 rings (SSSR count). The van der Waals surface area contributed by atoms with Crippen LogP contribution in [0.1, 0.15) is 31.4 Å². The van der Waals surface area contributed by atoms with Crippen LogP contribution in [-0.2, 0) is 6.42 Å². The monoisotopic (exact) mass is 246 g/mol. The molecule has 100 valence electrons. The minimum atomic E-state index is 0.384. The Balaban J connectivity index is 1.90. The van der Waals surface area contributed by atoms with E-state index < -0.39 is 0 Å². The lowest BCUT2D eigenvalue weighted by atomic mass is 9.87. The Labute approximate surface area is 111 Å². The quantitative estimate of drug-likeness (QED) is 0.888. The number of nitrogens with two attached hydrogens (primary N) is 1. The third-order valence-electron chi connectivity index (χ3n) is 4.53. The molecule has 0 aromatic heterocycles. The van der Waals surface area contributed by atoms with Crippen LogP contribution in [0, 0.1) is 12.8 Å². The van der Waals surface area contributed by atoms with Gasteiger partial charge in [0.25, 0.3) is 0 Å². The summed E-state index contributed by atoms with van der Waals surface area (Å²) < 4.78 is 0. The molecule has 3 atom stereocenters. The topological polar surface area (TPSA) is 29.3 Å². The molecular formula is C16H26N2. The van der Waals surface area contributed by atoms with Crippen molar-refractivity contribution in [1.29, 1.82) is 0 Å². The standard InChI is InChI=1S/C16H26N2/c1-12-5-4-6-15(11-12)7-9-18-10-8-16(17)13(2)14(18)3/h4-6,11,13-14,16H,7-10,17H2,1-3H3.